The third-order valence-electron chi connectivity index (χ3n) is 4.01. The number of aryl methyl sites for hydroxylation is 1. The van der Waals surface area contributed by atoms with Crippen molar-refractivity contribution in [2.24, 2.45) is 7.05 Å². The number of carbonyl (C=O) groups is 1. The molecular formula is C18H24ClNO2. The molecule has 0 radical (unpaired) electrons. The second kappa shape index (κ2) is 5.02. The van der Waals surface area contributed by atoms with Gasteiger partial charge in [0, 0.05) is 23.0 Å². The highest BCUT2D eigenvalue weighted by atomic mass is 35.5. The van der Waals surface area contributed by atoms with Gasteiger partial charge in [0.05, 0.1) is 5.52 Å². The predicted octanol–water partition coefficient (Wildman–Crippen LogP) is 5.12. The van der Waals surface area contributed by atoms with Crippen LogP contribution in [0, 0.1) is 0 Å². The summed E-state index contributed by atoms with van der Waals surface area (Å²) < 4.78 is 1.78. The molecule has 120 valence electrons. The molecule has 1 N–H and O–H groups in total. The van der Waals surface area contributed by atoms with E-state index in [2.05, 4.69) is 20.8 Å². The van der Waals surface area contributed by atoms with Crippen molar-refractivity contribution in [1.82, 2.24) is 4.57 Å². The van der Waals surface area contributed by atoms with Crippen LogP contribution in [-0.4, -0.2) is 15.6 Å². The van der Waals surface area contributed by atoms with Gasteiger partial charge in [-0.1, -0.05) is 59.2 Å². The van der Waals surface area contributed by atoms with E-state index in [0.717, 1.165) is 22.0 Å². The highest BCUT2D eigenvalue weighted by Gasteiger charge is 2.32. The Bertz CT molecular complexity index is 758. The van der Waals surface area contributed by atoms with Crippen LogP contribution in [0.1, 0.15) is 63.2 Å². The molecule has 0 spiro atoms. The maximum atomic E-state index is 11.9. The molecule has 22 heavy (non-hydrogen) atoms. The first-order valence-electron chi connectivity index (χ1n) is 7.42. The maximum Gasteiger partial charge on any atom is 0.352 e. The van der Waals surface area contributed by atoms with Crippen molar-refractivity contribution in [3.05, 3.63) is 34.0 Å². The fourth-order valence-corrected chi connectivity index (χ4v) is 3.68. The van der Waals surface area contributed by atoms with Crippen LogP contribution in [0.25, 0.3) is 10.9 Å². The van der Waals surface area contributed by atoms with E-state index < -0.39 is 5.97 Å². The molecule has 1 heterocycles. The summed E-state index contributed by atoms with van der Waals surface area (Å²) in [5.41, 5.74) is 2.67. The quantitative estimate of drug-likeness (QED) is 0.791. The molecular weight excluding hydrogens is 298 g/mol. The largest absolute Gasteiger partial charge is 0.477 e. The first-order valence-corrected chi connectivity index (χ1v) is 7.80. The summed E-state index contributed by atoms with van der Waals surface area (Å²) in [6.45, 7) is 12.4. The van der Waals surface area contributed by atoms with Crippen molar-refractivity contribution in [3.63, 3.8) is 0 Å². The van der Waals surface area contributed by atoms with Gasteiger partial charge in [0.2, 0.25) is 0 Å². The number of hydrogen-bond donors (Lipinski definition) is 1. The minimum atomic E-state index is -0.903. The summed E-state index contributed by atoms with van der Waals surface area (Å²) in [7, 11) is 1.81. The number of hydrogen-bond acceptors (Lipinski definition) is 1. The summed E-state index contributed by atoms with van der Waals surface area (Å²) in [4.78, 5) is 11.9. The molecule has 0 aliphatic rings. The van der Waals surface area contributed by atoms with Crippen LogP contribution in [0.15, 0.2) is 12.1 Å². The standard InChI is InChI=1S/C18H24ClNO2/c1-17(2,3)12-10-8-9-11(19)13(18(4,5)6)14(10)20(7)15(12)16(21)22/h8-9H,1-7H3,(H,21,22). The van der Waals surface area contributed by atoms with Crippen molar-refractivity contribution in [2.45, 2.75) is 52.4 Å². The molecule has 0 bridgehead atoms. The number of rotatable bonds is 1. The Balaban J connectivity index is 3.11. The van der Waals surface area contributed by atoms with Crippen molar-refractivity contribution >= 4 is 28.5 Å². The van der Waals surface area contributed by atoms with Gasteiger partial charge >= 0.3 is 5.97 Å². The number of benzene rings is 1. The Morgan fingerprint density at radius 2 is 1.55 bits per heavy atom. The van der Waals surface area contributed by atoms with Gasteiger partial charge in [-0.05, 0) is 22.5 Å². The summed E-state index contributed by atoms with van der Waals surface area (Å²) in [5, 5.41) is 11.4. The summed E-state index contributed by atoms with van der Waals surface area (Å²) in [6.07, 6.45) is 0. The zero-order valence-electron chi connectivity index (χ0n) is 14.3. The number of aromatic carboxylic acids is 1. The van der Waals surface area contributed by atoms with Crippen LogP contribution in [0.3, 0.4) is 0 Å². The number of fused-ring (bicyclic) bond motifs is 1. The molecule has 0 unspecified atom stereocenters. The molecule has 4 heteroatoms. The second-order valence-corrected chi connectivity index (χ2v) is 8.31. The number of nitrogens with zero attached hydrogens (tertiary/aromatic N) is 1. The molecule has 1 aromatic carbocycles. The molecule has 0 amide bonds. The Morgan fingerprint density at radius 3 is 1.95 bits per heavy atom. The monoisotopic (exact) mass is 321 g/mol. The molecule has 2 rings (SSSR count). The van der Waals surface area contributed by atoms with Gasteiger partial charge in [0.1, 0.15) is 5.69 Å². The molecule has 0 fully saturated rings. The number of halogens is 1. The third-order valence-corrected chi connectivity index (χ3v) is 4.32. The van der Waals surface area contributed by atoms with E-state index in [1.807, 2.05) is 40.0 Å². The smallest absolute Gasteiger partial charge is 0.352 e. The van der Waals surface area contributed by atoms with E-state index in [1.165, 1.54) is 0 Å². The summed E-state index contributed by atoms with van der Waals surface area (Å²) in [6, 6.07) is 3.82. The topological polar surface area (TPSA) is 42.2 Å². The summed E-state index contributed by atoms with van der Waals surface area (Å²) in [5.74, 6) is -0.903. The van der Waals surface area contributed by atoms with Crippen LogP contribution in [0.2, 0.25) is 5.02 Å². The van der Waals surface area contributed by atoms with Crippen molar-refractivity contribution in [2.75, 3.05) is 0 Å². The predicted molar refractivity (Wildman–Crippen MR) is 92.3 cm³/mol. The number of carboxylic acid groups (broad SMARTS) is 1. The summed E-state index contributed by atoms with van der Waals surface area (Å²) >= 11 is 6.45. The molecule has 2 aromatic rings. The average Bonchev–Trinajstić information content (AvgIpc) is 2.61. The molecule has 3 nitrogen and oxygen atoms in total. The normalized spacial score (nSPS) is 12.9. The third kappa shape index (κ3) is 2.52. The number of aromatic nitrogens is 1. The minimum absolute atomic E-state index is 0.173. The van der Waals surface area contributed by atoms with Crippen molar-refractivity contribution < 1.29 is 9.90 Å². The van der Waals surface area contributed by atoms with E-state index in [4.69, 9.17) is 11.6 Å². The lowest BCUT2D eigenvalue weighted by molar-refractivity contribution is 0.0684. The highest BCUT2D eigenvalue weighted by Crippen LogP contribution is 2.42. The fourth-order valence-electron chi connectivity index (χ4n) is 3.25. The SMILES string of the molecule is Cn1c(C(=O)O)c(C(C)(C)C)c2ccc(Cl)c(C(C)(C)C)c21. The van der Waals surface area contributed by atoms with Gasteiger partial charge in [-0.3, -0.25) is 0 Å². The van der Waals surface area contributed by atoms with Crippen LogP contribution in [0.5, 0.6) is 0 Å². The Morgan fingerprint density at radius 1 is 1.05 bits per heavy atom. The van der Waals surface area contributed by atoms with E-state index in [0.29, 0.717) is 10.7 Å². The minimum Gasteiger partial charge on any atom is -0.477 e. The molecule has 0 atom stereocenters. The van der Waals surface area contributed by atoms with E-state index in [-0.39, 0.29) is 10.8 Å². The number of carboxylic acids is 1. The Kier molecular flexibility index (Phi) is 3.85. The zero-order valence-corrected chi connectivity index (χ0v) is 15.1. The molecule has 0 saturated carbocycles. The van der Waals surface area contributed by atoms with Gasteiger partial charge in [-0.15, -0.1) is 0 Å². The maximum absolute atomic E-state index is 11.9. The van der Waals surface area contributed by atoms with Gasteiger partial charge in [-0.25, -0.2) is 4.79 Å². The average molecular weight is 322 g/mol. The Labute approximate surface area is 136 Å². The second-order valence-electron chi connectivity index (χ2n) is 7.91. The van der Waals surface area contributed by atoms with Crippen LogP contribution < -0.4 is 0 Å². The van der Waals surface area contributed by atoms with Crippen molar-refractivity contribution in [1.29, 1.82) is 0 Å². The fraction of sp³-hybridized carbons (Fsp3) is 0.500. The van der Waals surface area contributed by atoms with Crippen LogP contribution in [-0.2, 0) is 17.9 Å². The Hall–Kier alpha value is -1.48. The lowest BCUT2D eigenvalue weighted by Gasteiger charge is -2.23. The molecule has 0 saturated heterocycles. The van der Waals surface area contributed by atoms with E-state index in [9.17, 15) is 9.90 Å². The van der Waals surface area contributed by atoms with Gasteiger partial charge in [-0.2, -0.15) is 0 Å². The van der Waals surface area contributed by atoms with Gasteiger partial charge in [0.15, 0.2) is 0 Å². The van der Waals surface area contributed by atoms with E-state index >= 15 is 0 Å². The van der Waals surface area contributed by atoms with Crippen LogP contribution >= 0.6 is 11.6 Å². The first kappa shape index (κ1) is 16.9. The van der Waals surface area contributed by atoms with Crippen molar-refractivity contribution in [3.8, 4) is 0 Å². The van der Waals surface area contributed by atoms with Gasteiger partial charge < -0.3 is 9.67 Å². The molecule has 1 aromatic heterocycles. The lowest BCUT2D eigenvalue weighted by Crippen LogP contribution is -2.17. The lowest BCUT2D eigenvalue weighted by atomic mass is 9.82. The molecule has 0 aliphatic carbocycles. The van der Waals surface area contributed by atoms with Crippen LogP contribution in [0.4, 0.5) is 0 Å². The first-order chi connectivity index (χ1) is 9.87. The zero-order chi connectivity index (χ0) is 17.0. The van der Waals surface area contributed by atoms with E-state index in [1.54, 1.807) is 4.57 Å². The highest BCUT2D eigenvalue weighted by molar-refractivity contribution is 6.32. The van der Waals surface area contributed by atoms with Gasteiger partial charge in [0.25, 0.3) is 0 Å². The molecule has 0 aliphatic heterocycles.